The summed E-state index contributed by atoms with van der Waals surface area (Å²) in [5.41, 5.74) is 0.165. The van der Waals surface area contributed by atoms with Crippen LogP contribution in [-0.2, 0) is 12.6 Å². The van der Waals surface area contributed by atoms with Crippen LogP contribution in [0.3, 0.4) is 0 Å². The molecule has 15 heavy (non-hydrogen) atoms. The normalized spacial score (nSPS) is 13.9. The average Bonchev–Trinajstić information content (AvgIpc) is 2.14. The molecule has 1 unspecified atom stereocenters. The Kier molecular flexibility index (Phi) is 4.20. The summed E-state index contributed by atoms with van der Waals surface area (Å²) in [7, 11) is 0. The summed E-state index contributed by atoms with van der Waals surface area (Å²) in [6.45, 7) is 1.98. The Balaban J connectivity index is 2.75. The van der Waals surface area contributed by atoms with Crippen molar-refractivity contribution < 1.29 is 13.2 Å². The Morgan fingerprint density at radius 2 is 2.00 bits per heavy atom. The third kappa shape index (κ3) is 4.24. The molecule has 0 nitrogen and oxygen atoms in total. The van der Waals surface area contributed by atoms with E-state index in [9.17, 15) is 13.2 Å². The van der Waals surface area contributed by atoms with Gasteiger partial charge in [-0.2, -0.15) is 13.2 Å². The van der Waals surface area contributed by atoms with Crippen LogP contribution in [0.1, 0.15) is 24.5 Å². The van der Waals surface area contributed by atoms with Crippen molar-refractivity contribution in [2.45, 2.75) is 30.8 Å². The van der Waals surface area contributed by atoms with Gasteiger partial charge < -0.3 is 0 Å². The van der Waals surface area contributed by atoms with E-state index in [4.69, 9.17) is 0 Å². The van der Waals surface area contributed by atoms with Crippen LogP contribution in [0.15, 0.2) is 24.3 Å². The van der Waals surface area contributed by atoms with E-state index >= 15 is 0 Å². The molecule has 0 saturated carbocycles. The molecule has 0 saturated heterocycles. The van der Waals surface area contributed by atoms with Gasteiger partial charge in [0.15, 0.2) is 0 Å². The maximum absolute atomic E-state index is 12.4. The standard InChI is InChI=1S/C11H12BrF3/c1-8(12)5-6-9-3-2-4-10(7-9)11(13,14)15/h2-4,7-8H,5-6H2,1H3. The lowest BCUT2D eigenvalue weighted by Gasteiger charge is -2.09. The SMILES string of the molecule is CC(Br)CCc1cccc(C(F)(F)F)c1. The zero-order valence-corrected chi connectivity index (χ0v) is 9.90. The summed E-state index contributed by atoms with van der Waals surface area (Å²) in [6, 6.07) is 5.50. The molecule has 0 spiro atoms. The predicted octanol–water partition coefficient (Wildman–Crippen LogP) is 4.42. The van der Waals surface area contributed by atoms with Gasteiger partial charge in [-0.25, -0.2) is 0 Å². The Morgan fingerprint density at radius 3 is 2.53 bits per heavy atom. The number of benzene rings is 1. The molecular weight excluding hydrogens is 269 g/mol. The second-order valence-electron chi connectivity index (χ2n) is 3.52. The zero-order valence-electron chi connectivity index (χ0n) is 8.31. The number of alkyl halides is 4. The number of rotatable bonds is 3. The van der Waals surface area contributed by atoms with Crippen LogP contribution in [0, 0.1) is 0 Å². The molecule has 0 bridgehead atoms. The van der Waals surface area contributed by atoms with Gasteiger partial charge in [-0.3, -0.25) is 0 Å². The molecule has 0 heterocycles. The third-order valence-electron chi connectivity index (χ3n) is 2.09. The highest BCUT2D eigenvalue weighted by molar-refractivity contribution is 9.09. The summed E-state index contributed by atoms with van der Waals surface area (Å²) >= 11 is 3.37. The minimum Gasteiger partial charge on any atom is -0.166 e. The zero-order chi connectivity index (χ0) is 11.5. The Bertz CT molecular complexity index is 318. The molecule has 1 rings (SSSR count). The van der Waals surface area contributed by atoms with Crippen molar-refractivity contribution in [3.05, 3.63) is 35.4 Å². The molecule has 0 N–H and O–H groups in total. The van der Waals surface area contributed by atoms with Gasteiger partial charge in [0, 0.05) is 4.83 Å². The summed E-state index contributed by atoms with van der Waals surface area (Å²) < 4.78 is 37.1. The number of aryl methyl sites for hydroxylation is 1. The first-order valence-corrected chi connectivity index (χ1v) is 5.61. The van der Waals surface area contributed by atoms with Crippen LogP contribution >= 0.6 is 15.9 Å². The second kappa shape index (κ2) is 5.01. The fourth-order valence-corrected chi connectivity index (χ4v) is 1.50. The molecule has 0 aliphatic rings. The van der Waals surface area contributed by atoms with Crippen LogP contribution in [-0.4, -0.2) is 4.83 Å². The van der Waals surface area contributed by atoms with Crippen LogP contribution in [0.2, 0.25) is 0 Å². The maximum Gasteiger partial charge on any atom is 0.416 e. The largest absolute Gasteiger partial charge is 0.416 e. The van der Waals surface area contributed by atoms with E-state index in [1.54, 1.807) is 6.07 Å². The number of hydrogen-bond acceptors (Lipinski definition) is 0. The molecule has 0 amide bonds. The minimum absolute atomic E-state index is 0.326. The van der Waals surface area contributed by atoms with Crippen LogP contribution < -0.4 is 0 Å². The highest BCUT2D eigenvalue weighted by Crippen LogP contribution is 2.29. The summed E-state index contributed by atoms with van der Waals surface area (Å²) in [6.07, 6.45) is -2.74. The van der Waals surface area contributed by atoms with Crippen molar-refractivity contribution in [2.24, 2.45) is 0 Å². The van der Waals surface area contributed by atoms with Gasteiger partial charge in [-0.15, -0.1) is 0 Å². The van der Waals surface area contributed by atoms with E-state index in [0.717, 1.165) is 18.1 Å². The van der Waals surface area contributed by atoms with E-state index in [1.807, 2.05) is 6.92 Å². The molecular formula is C11H12BrF3. The first kappa shape index (κ1) is 12.6. The Hall–Kier alpha value is -0.510. The van der Waals surface area contributed by atoms with Gasteiger partial charge in [0.2, 0.25) is 0 Å². The minimum atomic E-state index is -4.24. The lowest BCUT2D eigenvalue weighted by Crippen LogP contribution is -2.05. The van der Waals surface area contributed by atoms with Crippen LogP contribution in [0.5, 0.6) is 0 Å². The fraction of sp³-hybridized carbons (Fsp3) is 0.455. The number of halogens is 4. The monoisotopic (exact) mass is 280 g/mol. The molecule has 4 heteroatoms. The Labute approximate surface area is 95.6 Å². The van der Waals surface area contributed by atoms with Gasteiger partial charge in [-0.1, -0.05) is 41.1 Å². The molecule has 0 aliphatic heterocycles. The molecule has 0 aromatic heterocycles. The topological polar surface area (TPSA) is 0 Å². The third-order valence-corrected chi connectivity index (χ3v) is 2.54. The predicted molar refractivity (Wildman–Crippen MR) is 58.2 cm³/mol. The molecule has 0 aliphatic carbocycles. The van der Waals surface area contributed by atoms with Crippen molar-refractivity contribution in [3.63, 3.8) is 0 Å². The van der Waals surface area contributed by atoms with E-state index in [0.29, 0.717) is 11.2 Å². The maximum atomic E-state index is 12.4. The van der Waals surface area contributed by atoms with Crippen molar-refractivity contribution in [1.29, 1.82) is 0 Å². The quantitative estimate of drug-likeness (QED) is 0.719. The average molecular weight is 281 g/mol. The van der Waals surface area contributed by atoms with E-state index in [-0.39, 0.29) is 0 Å². The van der Waals surface area contributed by atoms with Gasteiger partial charge >= 0.3 is 6.18 Å². The molecule has 0 fully saturated rings. The second-order valence-corrected chi connectivity index (χ2v) is 5.08. The lowest BCUT2D eigenvalue weighted by atomic mass is 10.1. The van der Waals surface area contributed by atoms with E-state index in [2.05, 4.69) is 15.9 Å². The first-order valence-electron chi connectivity index (χ1n) is 4.70. The van der Waals surface area contributed by atoms with Crippen LogP contribution in [0.25, 0.3) is 0 Å². The molecule has 84 valence electrons. The smallest absolute Gasteiger partial charge is 0.166 e. The molecule has 1 aromatic rings. The van der Waals surface area contributed by atoms with Gasteiger partial charge in [0.25, 0.3) is 0 Å². The van der Waals surface area contributed by atoms with Crippen molar-refractivity contribution >= 4 is 15.9 Å². The summed E-state index contributed by atoms with van der Waals surface area (Å²) in [4.78, 5) is 0.326. The van der Waals surface area contributed by atoms with Crippen LogP contribution in [0.4, 0.5) is 13.2 Å². The van der Waals surface area contributed by atoms with E-state index < -0.39 is 11.7 Å². The summed E-state index contributed by atoms with van der Waals surface area (Å²) in [5, 5.41) is 0. The molecule has 1 aromatic carbocycles. The van der Waals surface area contributed by atoms with Gasteiger partial charge in [0.05, 0.1) is 5.56 Å². The Morgan fingerprint density at radius 1 is 1.33 bits per heavy atom. The highest BCUT2D eigenvalue weighted by atomic mass is 79.9. The number of hydrogen-bond donors (Lipinski definition) is 0. The summed E-state index contributed by atoms with van der Waals surface area (Å²) in [5.74, 6) is 0. The van der Waals surface area contributed by atoms with Gasteiger partial charge in [0.1, 0.15) is 0 Å². The molecule has 0 radical (unpaired) electrons. The lowest BCUT2D eigenvalue weighted by molar-refractivity contribution is -0.137. The molecule has 1 atom stereocenters. The van der Waals surface area contributed by atoms with Crippen molar-refractivity contribution in [2.75, 3.05) is 0 Å². The van der Waals surface area contributed by atoms with E-state index in [1.165, 1.54) is 12.1 Å². The van der Waals surface area contributed by atoms with Crippen molar-refractivity contribution in [1.82, 2.24) is 0 Å². The van der Waals surface area contributed by atoms with Crippen molar-refractivity contribution in [3.8, 4) is 0 Å². The fourth-order valence-electron chi connectivity index (χ4n) is 1.27. The first-order chi connectivity index (χ1) is 6.89. The van der Waals surface area contributed by atoms with Gasteiger partial charge in [-0.05, 0) is 24.5 Å². The highest BCUT2D eigenvalue weighted by Gasteiger charge is 2.30.